The molecule has 1 N–H and O–H groups in total. The van der Waals surface area contributed by atoms with Gasteiger partial charge < -0.3 is 19.9 Å². The molecule has 2 fully saturated rings. The van der Waals surface area contributed by atoms with Crippen molar-refractivity contribution in [2.75, 3.05) is 39.3 Å². The number of carbonyl (C=O) groups is 1. The molecule has 29 heavy (non-hydrogen) atoms. The quantitative estimate of drug-likeness (QED) is 0.433. The van der Waals surface area contributed by atoms with Crippen molar-refractivity contribution in [1.82, 2.24) is 15.1 Å². The summed E-state index contributed by atoms with van der Waals surface area (Å²) in [5, 5.41) is 3.43. The number of hydrogen-bond acceptors (Lipinski definition) is 3. The number of likely N-dealkylation sites (tertiary alicyclic amines) is 2. The van der Waals surface area contributed by atoms with Crippen molar-refractivity contribution in [3.63, 3.8) is 0 Å². The van der Waals surface area contributed by atoms with Gasteiger partial charge in [-0.2, -0.15) is 0 Å². The normalized spacial score (nSPS) is 19.2. The molecule has 2 heterocycles. The highest BCUT2D eigenvalue weighted by Crippen LogP contribution is 2.18. The second-order valence-corrected chi connectivity index (χ2v) is 7.90. The zero-order valence-corrected chi connectivity index (χ0v) is 17.8. The van der Waals surface area contributed by atoms with E-state index in [0.717, 1.165) is 83.1 Å². The molecule has 0 unspecified atom stereocenters. The first-order valence-electron chi connectivity index (χ1n) is 11.3. The molecule has 0 spiro atoms. The van der Waals surface area contributed by atoms with Gasteiger partial charge in [-0.3, -0.25) is 9.79 Å². The smallest absolute Gasteiger partial charge is 0.222 e. The number of rotatable bonds is 7. The van der Waals surface area contributed by atoms with Gasteiger partial charge in [-0.15, -0.1) is 0 Å². The van der Waals surface area contributed by atoms with Crippen LogP contribution in [0.2, 0.25) is 0 Å². The first-order chi connectivity index (χ1) is 14.3. The number of carbonyl (C=O) groups excluding carboxylic acids is 1. The average Bonchev–Trinajstić information content (AvgIpc) is 2.96. The summed E-state index contributed by atoms with van der Waals surface area (Å²) in [6, 6.07) is 10.1. The van der Waals surface area contributed by atoms with E-state index in [1.54, 1.807) is 0 Å². The number of nitrogens with one attached hydrogen (secondary N) is 1. The minimum Gasteiger partial charge on any atom is -0.490 e. The molecule has 0 aliphatic carbocycles. The van der Waals surface area contributed by atoms with Crippen molar-refractivity contribution < 1.29 is 9.53 Å². The van der Waals surface area contributed by atoms with Crippen molar-refractivity contribution in [1.29, 1.82) is 0 Å². The first kappa shape index (κ1) is 21.5. The second-order valence-electron chi connectivity index (χ2n) is 7.90. The lowest BCUT2D eigenvalue weighted by Gasteiger charge is -2.34. The number of nitrogens with zero attached hydrogens (tertiary/aromatic N) is 3. The monoisotopic (exact) mass is 400 g/mol. The van der Waals surface area contributed by atoms with Crippen LogP contribution in [0.1, 0.15) is 51.9 Å². The number of benzene rings is 1. The van der Waals surface area contributed by atoms with Gasteiger partial charge in [-0.1, -0.05) is 24.6 Å². The summed E-state index contributed by atoms with van der Waals surface area (Å²) >= 11 is 0. The number of aliphatic imine (C=N–C) groups is 1. The van der Waals surface area contributed by atoms with E-state index in [0.29, 0.717) is 12.3 Å². The Labute approximate surface area is 175 Å². The third-order valence-electron chi connectivity index (χ3n) is 5.64. The van der Waals surface area contributed by atoms with Crippen LogP contribution in [0.4, 0.5) is 0 Å². The molecule has 2 saturated heterocycles. The molecule has 3 rings (SSSR count). The zero-order valence-electron chi connectivity index (χ0n) is 17.8. The molecule has 2 aliphatic heterocycles. The third-order valence-corrected chi connectivity index (χ3v) is 5.64. The fourth-order valence-electron chi connectivity index (χ4n) is 4.02. The fraction of sp³-hybridized carbons (Fsp3) is 0.652. The second kappa shape index (κ2) is 11.7. The summed E-state index contributed by atoms with van der Waals surface area (Å²) in [7, 11) is 0. The minimum atomic E-state index is 0.269. The highest BCUT2D eigenvalue weighted by Gasteiger charge is 2.22. The molecule has 0 bridgehead atoms. The number of hydrogen-bond donors (Lipinski definition) is 1. The van der Waals surface area contributed by atoms with Crippen LogP contribution in [0, 0.1) is 0 Å². The molecule has 1 aromatic carbocycles. The maximum Gasteiger partial charge on any atom is 0.222 e. The average molecular weight is 401 g/mol. The van der Waals surface area contributed by atoms with Crippen molar-refractivity contribution in [2.45, 2.75) is 58.0 Å². The van der Waals surface area contributed by atoms with Gasteiger partial charge in [0, 0.05) is 58.5 Å². The summed E-state index contributed by atoms with van der Waals surface area (Å²) in [4.78, 5) is 21.3. The number of ether oxygens (including phenoxy) is 1. The maximum atomic E-state index is 12.1. The van der Waals surface area contributed by atoms with Crippen LogP contribution < -0.4 is 10.1 Å². The van der Waals surface area contributed by atoms with E-state index in [9.17, 15) is 4.79 Å². The lowest BCUT2D eigenvalue weighted by molar-refractivity contribution is -0.130. The fourth-order valence-corrected chi connectivity index (χ4v) is 4.02. The van der Waals surface area contributed by atoms with Gasteiger partial charge in [0.2, 0.25) is 5.91 Å². The van der Waals surface area contributed by atoms with Crippen LogP contribution in [-0.4, -0.2) is 67.0 Å². The molecule has 0 radical (unpaired) electrons. The lowest BCUT2D eigenvalue weighted by atomic mass is 10.1. The van der Waals surface area contributed by atoms with Gasteiger partial charge in [0.05, 0.1) is 0 Å². The Hall–Kier alpha value is -2.24. The van der Waals surface area contributed by atoms with E-state index in [4.69, 9.17) is 9.73 Å². The molecule has 0 atom stereocenters. The number of piperidine rings is 1. The molecule has 1 aromatic rings. The van der Waals surface area contributed by atoms with E-state index in [1.807, 2.05) is 35.2 Å². The van der Waals surface area contributed by atoms with E-state index in [2.05, 4.69) is 17.1 Å². The predicted octanol–water partition coefficient (Wildman–Crippen LogP) is 3.29. The molecular weight excluding hydrogens is 364 g/mol. The third kappa shape index (κ3) is 6.94. The molecule has 0 aromatic heterocycles. The van der Waals surface area contributed by atoms with Crippen LogP contribution in [0.3, 0.4) is 0 Å². The van der Waals surface area contributed by atoms with Gasteiger partial charge in [0.15, 0.2) is 5.96 Å². The topological polar surface area (TPSA) is 57.2 Å². The summed E-state index contributed by atoms with van der Waals surface area (Å²) in [6.45, 7) is 7.38. The molecular formula is C23H36N4O2. The molecule has 1 amide bonds. The van der Waals surface area contributed by atoms with Gasteiger partial charge >= 0.3 is 0 Å². The van der Waals surface area contributed by atoms with E-state index in [-0.39, 0.29) is 6.10 Å². The predicted molar refractivity (Wildman–Crippen MR) is 117 cm³/mol. The lowest BCUT2D eigenvalue weighted by Crippen LogP contribution is -2.47. The maximum absolute atomic E-state index is 12.1. The first-order valence-corrected chi connectivity index (χ1v) is 11.3. The Morgan fingerprint density at radius 2 is 1.93 bits per heavy atom. The Kier molecular flexibility index (Phi) is 8.65. The summed E-state index contributed by atoms with van der Waals surface area (Å²) in [5.74, 6) is 2.27. The molecule has 6 heteroatoms. The SMILES string of the molecule is CCNC(=NCCCN1CCCCCC1=O)N1CCC(Oc2ccccc2)CC1. The van der Waals surface area contributed by atoms with E-state index < -0.39 is 0 Å². The molecule has 0 saturated carbocycles. The van der Waals surface area contributed by atoms with Crippen molar-refractivity contribution in [2.24, 2.45) is 4.99 Å². The molecule has 2 aliphatic rings. The van der Waals surface area contributed by atoms with Gasteiger partial charge in [-0.05, 0) is 38.3 Å². The Balaban J connectivity index is 1.43. The van der Waals surface area contributed by atoms with Crippen molar-refractivity contribution >= 4 is 11.9 Å². The van der Waals surface area contributed by atoms with Crippen LogP contribution in [-0.2, 0) is 4.79 Å². The summed E-state index contributed by atoms with van der Waals surface area (Å²) < 4.78 is 6.10. The van der Waals surface area contributed by atoms with Crippen molar-refractivity contribution in [3.8, 4) is 5.75 Å². The number of guanidine groups is 1. The van der Waals surface area contributed by atoms with Gasteiger partial charge in [-0.25, -0.2) is 0 Å². The van der Waals surface area contributed by atoms with Crippen molar-refractivity contribution in [3.05, 3.63) is 30.3 Å². The molecule has 160 valence electrons. The van der Waals surface area contributed by atoms with Crippen LogP contribution in [0.25, 0.3) is 0 Å². The number of para-hydroxylation sites is 1. The Bertz CT molecular complexity index is 642. The Morgan fingerprint density at radius 1 is 1.14 bits per heavy atom. The van der Waals surface area contributed by atoms with Gasteiger partial charge in [0.25, 0.3) is 0 Å². The summed E-state index contributed by atoms with van der Waals surface area (Å²) in [6.07, 6.45) is 7.27. The Morgan fingerprint density at radius 3 is 2.69 bits per heavy atom. The van der Waals surface area contributed by atoms with Crippen LogP contribution in [0.5, 0.6) is 5.75 Å². The molecule has 6 nitrogen and oxygen atoms in total. The van der Waals surface area contributed by atoms with E-state index >= 15 is 0 Å². The largest absolute Gasteiger partial charge is 0.490 e. The number of amides is 1. The van der Waals surface area contributed by atoms with E-state index in [1.165, 1.54) is 6.42 Å². The highest BCUT2D eigenvalue weighted by atomic mass is 16.5. The minimum absolute atomic E-state index is 0.269. The van der Waals surface area contributed by atoms with Gasteiger partial charge in [0.1, 0.15) is 11.9 Å². The van der Waals surface area contributed by atoms with Crippen LogP contribution >= 0.6 is 0 Å². The zero-order chi connectivity index (χ0) is 20.3. The standard InChI is InChI=1S/C23H36N4O2/c1-2-24-23(25-15-9-17-26-16-8-4-7-12-22(26)28)27-18-13-21(14-19-27)29-20-10-5-3-6-11-20/h3,5-6,10-11,21H,2,4,7-9,12-19H2,1H3,(H,24,25). The summed E-state index contributed by atoms with van der Waals surface area (Å²) in [5.41, 5.74) is 0. The highest BCUT2D eigenvalue weighted by molar-refractivity contribution is 5.80. The van der Waals surface area contributed by atoms with Crippen LogP contribution in [0.15, 0.2) is 35.3 Å².